The van der Waals surface area contributed by atoms with Gasteiger partial charge in [-0.3, -0.25) is 14.9 Å². The Bertz CT molecular complexity index is 419. The van der Waals surface area contributed by atoms with Gasteiger partial charge in [-0.25, -0.2) is 0 Å². The first-order valence-corrected chi connectivity index (χ1v) is 5.45. The Morgan fingerprint density at radius 3 is 2.57 bits per heavy atom. The fraction of sp³-hybridized carbons (Fsp3) is 0.125. The van der Waals surface area contributed by atoms with Crippen molar-refractivity contribution in [3.05, 3.63) is 35.9 Å². The van der Waals surface area contributed by atoms with Crippen LogP contribution in [0.1, 0.15) is 17.3 Å². The van der Waals surface area contributed by atoms with Crippen LogP contribution < -0.4 is 0 Å². The highest BCUT2D eigenvalue weighted by Gasteiger charge is 2.22. The van der Waals surface area contributed by atoms with Crippen molar-refractivity contribution >= 4 is 50.0 Å². The molecule has 0 unspecified atom stereocenters. The van der Waals surface area contributed by atoms with Gasteiger partial charge >= 0.3 is 0 Å². The molecule has 74 valence electrons. The highest BCUT2D eigenvalue weighted by atomic mass is 127. The van der Waals surface area contributed by atoms with Gasteiger partial charge in [0.25, 0.3) is 5.69 Å². The van der Waals surface area contributed by atoms with Gasteiger partial charge in [0.05, 0.1) is 10.5 Å². The van der Waals surface area contributed by atoms with Gasteiger partial charge in [0.1, 0.15) is 3.57 Å². The topological polar surface area (TPSA) is 60.2 Å². The SMILES string of the molecule is CC(=O)c1ccc(Br)c(I)c1[N+](=O)[O-]. The highest BCUT2D eigenvalue weighted by molar-refractivity contribution is 14.1. The number of hydrogen-bond donors (Lipinski definition) is 0. The van der Waals surface area contributed by atoms with E-state index in [1.54, 1.807) is 6.07 Å². The second-order valence-electron chi connectivity index (χ2n) is 2.57. The molecule has 0 radical (unpaired) electrons. The van der Waals surface area contributed by atoms with E-state index < -0.39 is 4.92 Å². The molecule has 0 aromatic heterocycles. The molecule has 0 saturated heterocycles. The molecule has 0 heterocycles. The quantitative estimate of drug-likeness (QED) is 0.348. The first-order chi connectivity index (χ1) is 6.45. The summed E-state index contributed by atoms with van der Waals surface area (Å²) in [5.74, 6) is -0.304. The summed E-state index contributed by atoms with van der Waals surface area (Å²) < 4.78 is 1.06. The predicted octanol–water partition coefficient (Wildman–Crippen LogP) is 3.16. The summed E-state index contributed by atoms with van der Waals surface area (Å²) >= 11 is 5.01. The molecule has 0 aliphatic heterocycles. The minimum absolute atomic E-state index is 0.132. The van der Waals surface area contributed by atoms with Gasteiger partial charge in [0.15, 0.2) is 5.78 Å². The van der Waals surface area contributed by atoms with Crippen LogP contribution in [0.3, 0.4) is 0 Å². The molecule has 0 N–H and O–H groups in total. The van der Waals surface area contributed by atoms with Crippen LogP contribution in [0, 0.1) is 13.7 Å². The van der Waals surface area contributed by atoms with Gasteiger partial charge in [-0.1, -0.05) is 0 Å². The van der Waals surface area contributed by atoms with E-state index in [1.807, 2.05) is 22.6 Å². The van der Waals surface area contributed by atoms with Crippen LogP contribution in [-0.4, -0.2) is 10.7 Å². The Morgan fingerprint density at radius 2 is 2.14 bits per heavy atom. The van der Waals surface area contributed by atoms with Crippen LogP contribution in [0.5, 0.6) is 0 Å². The third kappa shape index (κ3) is 2.11. The molecule has 0 saturated carbocycles. The lowest BCUT2D eigenvalue weighted by Crippen LogP contribution is -2.02. The zero-order valence-corrected chi connectivity index (χ0v) is 10.8. The highest BCUT2D eigenvalue weighted by Crippen LogP contribution is 2.31. The van der Waals surface area contributed by atoms with E-state index in [4.69, 9.17) is 0 Å². The lowest BCUT2D eigenvalue weighted by Gasteiger charge is -2.02. The number of carbonyl (C=O) groups excluding carboxylic acids is 1. The molecule has 14 heavy (non-hydrogen) atoms. The number of halogens is 2. The third-order valence-corrected chi connectivity index (χ3v) is 4.12. The Morgan fingerprint density at radius 1 is 1.57 bits per heavy atom. The molecule has 0 atom stereocenters. The maximum Gasteiger partial charge on any atom is 0.294 e. The second-order valence-corrected chi connectivity index (χ2v) is 4.50. The lowest BCUT2D eigenvalue weighted by molar-refractivity contribution is -0.386. The van der Waals surface area contributed by atoms with Gasteiger partial charge in [-0.15, -0.1) is 0 Å². The van der Waals surface area contributed by atoms with Crippen molar-refractivity contribution in [2.45, 2.75) is 6.92 Å². The standard InChI is InChI=1S/C8H5BrINO3/c1-4(12)5-2-3-6(9)7(10)8(5)11(13)14/h2-3H,1H3. The van der Waals surface area contributed by atoms with Gasteiger partial charge < -0.3 is 0 Å². The number of hydrogen-bond acceptors (Lipinski definition) is 3. The van der Waals surface area contributed by atoms with Crippen molar-refractivity contribution in [3.63, 3.8) is 0 Å². The largest absolute Gasteiger partial charge is 0.294 e. The number of benzene rings is 1. The van der Waals surface area contributed by atoms with Crippen molar-refractivity contribution in [3.8, 4) is 0 Å². The number of ketones is 1. The number of carbonyl (C=O) groups is 1. The fourth-order valence-corrected chi connectivity index (χ4v) is 1.99. The molecule has 0 spiro atoms. The van der Waals surface area contributed by atoms with Crippen LogP contribution >= 0.6 is 38.5 Å². The van der Waals surface area contributed by atoms with Crippen molar-refractivity contribution < 1.29 is 9.72 Å². The van der Waals surface area contributed by atoms with E-state index in [-0.39, 0.29) is 17.0 Å². The summed E-state index contributed by atoms with van der Waals surface area (Å²) in [7, 11) is 0. The van der Waals surface area contributed by atoms with Crippen LogP contribution in [-0.2, 0) is 0 Å². The Hall–Kier alpha value is -0.500. The summed E-state index contributed by atoms with van der Waals surface area (Å²) in [4.78, 5) is 21.3. The summed E-state index contributed by atoms with van der Waals surface area (Å²) in [6, 6.07) is 3.08. The lowest BCUT2D eigenvalue weighted by atomic mass is 10.1. The van der Waals surface area contributed by atoms with Crippen molar-refractivity contribution in [2.75, 3.05) is 0 Å². The van der Waals surface area contributed by atoms with Gasteiger partial charge in [-0.2, -0.15) is 0 Å². The van der Waals surface area contributed by atoms with Crippen molar-refractivity contribution in [2.24, 2.45) is 0 Å². The summed E-state index contributed by atoms with van der Waals surface area (Å²) in [5, 5.41) is 10.7. The molecule has 1 rings (SSSR count). The van der Waals surface area contributed by atoms with Crippen LogP contribution in [0.15, 0.2) is 16.6 Å². The summed E-state index contributed by atoms with van der Waals surface area (Å²) in [5.41, 5.74) is 0.00933. The number of nitrogens with zero attached hydrogens (tertiary/aromatic N) is 1. The molecular weight excluding hydrogens is 365 g/mol. The van der Waals surface area contributed by atoms with Crippen LogP contribution in [0.25, 0.3) is 0 Å². The maximum atomic E-state index is 11.1. The predicted molar refractivity (Wildman–Crippen MR) is 63.5 cm³/mol. The molecule has 0 bridgehead atoms. The minimum atomic E-state index is -0.538. The number of Topliss-reactive ketones (excluding diaryl/α,β-unsaturated/α-hetero) is 1. The zero-order chi connectivity index (χ0) is 10.9. The molecule has 1 aromatic carbocycles. The average Bonchev–Trinajstić information content (AvgIpc) is 2.08. The Kier molecular flexibility index (Phi) is 3.59. The summed E-state index contributed by atoms with van der Waals surface area (Å²) in [6.45, 7) is 1.31. The molecule has 4 nitrogen and oxygen atoms in total. The Balaban J connectivity index is 3.53. The average molecular weight is 370 g/mol. The number of nitro groups is 1. The van der Waals surface area contributed by atoms with E-state index >= 15 is 0 Å². The second kappa shape index (κ2) is 4.35. The maximum absolute atomic E-state index is 11.1. The van der Waals surface area contributed by atoms with Crippen molar-refractivity contribution in [1.29, 1.82) is 0 Å². The van der Waals surface area contributed by atoms with E-state index in [1.165, 1.54) is 13.0 Å². The molecule has 6 heteroatoms. The van der Waals surface area contributed by atoms with E-state index in [2.05, 4.69) is 15.9 Å². The first-order valence-electron chi connectivity index (χ1n) is 3.58. The molecule has 0 aliphatic rings. The molecule has 0 fully saturated rings. The van der Waals surface area contributed by atoms with E-state index in [0.29, 0.717) is 8.04 Å². The van der Waals surface area contributed by atoms with Gasteiger partial charge in [0.2, 0.25) is 0 Å². The van der Waals surface area contributed by atoms with E-state index in [0.717, 1.165) is 0 Å². The smallest absolute Gasteiger partial charge is 0.294 e. The number of nitro benzene ring substituents is 1. The third-order valence-electron chi connectivity index (χ3n) is 1.63. The van der Waals surface area contributed by atoms with E-state index in [9.17, 15) is 14.9 Å². The molecule has 0 aliphatic carbocycles. The number of rotatable bonds is 2. The van der Waals surface area contributed by atoms with Crippen molar-refractivity contribution in [1.82, 2.24) is 0 Å². The van der Waals surface area contributed by atoms with Gasteiger partial charge in [-0.05, 0) is 57.6 Å². The minimum Gasteiger partial charge on any atom is -0.294 e. The van der Waals surface area contributed by atoms with Crippen LogP contribution in [0.4, 0.5) is 5.69 Å². The molecule has 0 amide bonds. The zero-order valence-electron chi connectivity index (χ0n) is 7.08. The summed E-state index contributed by atoms with van der Waals surface area (Å²) in [6.07, 6.45) is 0. The first kappa shape index (κ1) is 11.6. The fourth-order valence-electron chi connectivity index (χ4n) is 1.00. The van der Waals surface area contributed by atoms with Crippen LogP contribution in [0.2, 0.25) is 0 Å². The molecule has 1 aromatic rings. The normalized spacial score (nSPS) is 9.93. The van der Waals surface area contributed by atoms with Gasteiger partial charge in [0, 0.05) is 4.47 Å². The Labute approximate surface area is 102 Å². The molecular formula is C8H5BrINO3. The monoisotopic (exact) mass is 369 g/mol.